The Morgan fingerprint density at radius 3 is 2.42 bits per heavy atom. The van der Waals surface area contributed by atoms with Crippen LogP contribution in [-0.4, -0.2) is 25.5 Å². The Bertz CT molecular complexity index is 733. The molecule has 0 bridgehead atoms. The molecule has 2 N–H and O–H groups in total. The molecule has 126 valence electrons. The first-order chi connectivity index (χ1) is 11.5. The van der Waals surface area contributed by atoms with Gasteiger partial charge in [-0.1, -0.05) is 0 Å². The zero-order valence-corrected chi connectivity index (χ0v) is 12.9. The monoisotopic (exact) mass is 334 g/mol. The van der Waals surface area contributed by atoms with Crippen LogP contribution < -0.4 is 10.6 Å². The molecule has 0 unspecified atom stereocenters. The van der Waals surface area contributed by atoms with Crippen LogP contribution in [0, 0.1) is 11.6 Å². The highest BCUT2D eigenvalue weighted by atomic mass is 19.1. The predicted octanol–water partition coefficient (Wildman–Crippen LogP) is 3.19. The van der Waals surface area contributed by atoms with Crippen LogP contribution in [0.15, 0.2) is 42.5 Å². The number of benzene rings is 2. The average Bonchev–Trinajstić information content (AvgIpc) is 2.57. The third kappa shape index (κ3) is 4.77. The zero-order chi connectivity index (χ0) is 17.5. The van der Waals surface area contributed by atoms with E-state index in [-0.39, 0.29) is 12.1 Å². The van der Waals surface area contributed by atoms with Crippen molar-refractivity contribution in [1.29, 1.82) is 0 Å². The lowest BCUT2D eigenvalue weighted by molar-refractivity contribution is -0.116. The maximum atomic E-state index is 13.4. The number of rotatable bonds is 6. The fraction of sp³-hybridized carbons (Fsp3) is 0.176. The third-order valence-electron chi connectivity index (χ3n) is 3.19. The van der Waals surface area contributed by atoms with Crippen molar-refractivity contribution in [1.82, 2.24) is 0 Å². The molecular weight excluding hydrogens is 318 g/mol. The predicted molar refractivity (Wildman–Crippen MR) is 85.9 cm³/mol. The minimum absolute atomic E-state index is 0.0659. The Kier molecular flexibility index (Phi) is 5.83. The molecule has 24 heavy (non-hydrogen) atoms. The van der Waals surface area contributed by atoms with Crippen molar-refractivity contribution in [2.75, 3.05) is 24.3 Å². The van der Waals surface area contributed by atoms with Crippen LogP contribution in [0.1, 0.15) is 16.8 Å². The van der Waals surface area contributed by atoms with Gasteiger partial charge in [-0.2, -0.15) is 0 Å². The fourth-order valence-electron chi connectivity index (χ4n) is 1.97. The van der Waals surface area contributed by atoms with Gasteiger partial charge in [0.15, 0.2) is 0 Å². The van der Waals surface area contributed by atoms with Crippen molar-refractivity contribution in [3.63, 3.8) is 0 Å². The van der Waals surface area contributed by atoms with Crippen LogP contribution in [0.25, 0.3) is 0 Å². The smallest absolute Gasteiger partial charge is 0.337 e. The van der Waals surface area contributed by atoms with E-state index in [0.717, 1.165) is 11.8 Å². The van der Waals surface area contributed by atoms with Crippen LogP contribution >= 0.6 is 0 Å². The minimum Gasteiger partial charge on any atom is -0.465 e. The number of carbonyl (C=O) groups is 2. The molecule has 5 nitrogen and oxygen atoms in total. The molecule has 0 aromatic heterocycles. The van der Waals surface area contributed by atoms with Crippen molar-refractivity contribution in [2.45, 2.75) is 6.42 Å². The van der Waals surface area contributed by atoms with Gasteiger partial charge in [0.05, 0.1) is 18.4 Å². The van der Waals surface area contributed by atoms with Crippen LogP contribution in [0.4, 0.5) is 20.2 Å². The van der Waals surface area contributed by atoms with Crippen molar-refractivity contribution in [2.24, 2.45) is 0 Å². The van der Waals surface area contributed by atoms with Gasteiger partial charge in [-0.05, 0) is 36.4 Å². The van der Waals surface area contributed by atoms with Gasteiger partial charge in [0.1, 0.15) is 11.6 Å². The van der Waals surface area contributed by atoms with Crippen LogP contribution in [0.5, 0.6) is 0 Å². The quantitative estimate of drug-likeness (QED) is 0.796. The van der Waals surface area contributed by atoms with Gasteiger partial charge in [-0.3, -0.25) is 4.79 Å². The summed E-state index contributed by atoms with van der Waals surface area (Å²) >= 11 is 0. The summed E-state index contributed by atoms with van der Waals surface area (Å²) in [7, 11) is 1.30. The number of esters is 1. The first kappa shape index (κ1) is 17.4. The van der Waals surface area contributed by atoms with E-state index in [1.165, 1.54) is 13.2 Å². The number of hydrogen-bond donors (Lipinski definition) is 2. The summed E-state index contributed by atoms with van der Waals surface area (Å²) in [5.41, 5.74) is 1.08. The van der Waals surface area contributed by atoms with Gasteiger partial charge < -0.3 is 15.4 Å². The van der Waals surface area contributed by atoms with E-state index in [9.17, 15) is 18.4 Å². The topological polar surface area (TPSA) is 67.4 Å². The van der Waals surface area contributed by atoms with Crippen LogP contribution in [0.3, 0.4) is 0 Å². The summed E-state index contributed by atoms with van der Waals surface area (Å²) in [5.74, 6) is -2.36. The number of halogens is 2. The molecule has 0 atom stereocenters. The van der Waals surface area contributed by atoms with E-state index in [1.54, 1.807) is 24.3 Å². The van der Waals surface area contributed by atoms with E-state index < -0.39 is 23.5 Å². The maximum absolute atomic E-state index is 13.4. The molecular formula is C17H16F2N2O3. The molecule has 2 aromatic carbocycles. The molecule has 7 heteroatoms. The van der Waals surface area contributed by atoms with Gasteiger partial charge >= 0.3 is 5.97 Å². The normalized spacial score (nSPS) is 10.1. The number of anilines is 2. The number of carbonyl (C=O) groups excluding carboxylic acids is 2. The molecule has 0 spiro atoms. The number of methoxy groups -OCH3 is 1. The van der Waals surface area contributed by atoms with Crippen molar-refractivity contribution < 1.29 is 23.1 Å². The lowest BCUT2D eigenvalue weighted by Crippen LogP contribution is -2.17. The van der Waals surface area contributed by atoms with Gasteiger partial charge in [-0.15, -0.1) is 0 Å². The molecule has 0 radical (unpaired) electrons. The summed E-state index contributed by atoms with van der Waals surface area (Å²) in [4.78, 5) is 23.0. The Labute approximate surface area is 137 Å². The van der Waals surface area contributed by atoms with E-state index >= 15 is 0 Å². The van der Waals surface area contributed by atoms with Crippen molar-refractivity contribution in [3.05, 3.63) is 59.7 Å². The summed E-state index contributed by atoms with van der Waals surface area (Å²) in [6.07, 6.45) is 0.0928. The van der Waals surface area contributed by atoms with Crippen molar-refractivity contribution in [3.8, 4) is 0 Å². The van der Waals surface area contributed by atoms with Gasteiger partial charge in [0.25, 0.3) is 0 Å². The highest BCUT2D eigenvalue weighted by molar-refractivity contribution is 5.91. The minimum atomic E-state index is -0.824. The Balaban J connectivity index is 1.81. The van der Waals surface area contributed by atoms with Crippen LogP contribution in [0.2, 0.25) is 0 Å². The van der Waals surface area contributed by atoms with Gasteiger partial charge in [0.2, 0.25) is 5.91 Å². The van der Waals surface area contributed by atoms with E-state index in [0.29, 0.717) is 18.2 Å². The van der Waals surface area contributed by atoms with Gasteiger partial charge in [-0.25, -0.2) is 13.6 Å². The second kappa shape index (κ2) is 8.05. The second-order valence-corrected chi connectivity index (χ2v) is 4.92. The molecule has 2 rings (SSSR count). The number of amides is 1. The fourth-order valence-corrected chi connectivity index (χ4v) is 1.97. The molecule has 0 aliphatic carbocycles. The number of nitrogens with one attached hydrogen (secondary N) is 2. The Morgan fingerprint density at radius 1 is 1.08 bits per heavy atom. The molecule has 0 saturated carbocycles. The third-order valence-corrected chi connectivity index (χ3v) is 3.19. The summed E-state index contributed by atoms with van der Waals surface area (Å²) < 4.78 is 30.8. The second-order valence-electron chi connectivity index (χ2n) is 4.92. The Morgan fingerprint density at radius 2 is 1.79 bits per heavy atom. The molecule has 0 aliphatic rings. The summed E-state index contributed by atoms with van der Waals surface area (Å²) in [5, 5.41) is 5.38. The average molecular weight is 334 g/mol. The molecule has 0 saturated heterocycles. The molecule has 0 fully saturated rings. The summed E-state index contributed by atoms with van der Waals surface area (Å²) in [6, 6.07) is 9.51. The first-order valence-electron chi connectivity index (χ1n) is 7.17. The van der Waals surface area contributed by atoms with Crippen molar-refractivity contribution >= 4 is 23.3 Å². The van der Waals surface area contributed by atoms with E-state index in [2.05, 4.69) is 15.4 Å². The molecule has 2 aromatic rings. The van der Waals surface area contributed by atoms with Gasteiger partial charge in [0, 0.05) is 24.7 Å². The van der Waals surface area contributed by atoms with E-state index in [4.69, 9.17) is 0 Å². The molecule has 0 heterocycles. The summed E-state index contributed by atoms with van der Waals surface area (Å²) in [6.45, 7) is 0.312. The highest BCUT2D eigenvalue weighted by Gasteiger charge is 2.08. The van der Waals surface area contributed by atoms with E-state index in [1.807, 2.05) is 0 Å². The first-order valence-corrected chi connectivity index (χ1v) is 7.17. The lowest BCUT2D eigenvalue weighted by Gasteiger charge is -2.09. The number of hydrogen-bond acceptors (Lipinski definition) is 4. The zero-order valence-electron chi connectivity index (χ0n) is 12.9. The van der Waals surface area contributed by atoms with Crippen LogP contribution in [-0.2, 0) is 9.53 Å². The molecule has 0 aliphatic heterocycles. The highest BCUT2D eigenvalue weighted by Crippen LogP contribution is 2.15. The standard InChI is InChI=1S/C17H16F2N2O3/c1-24-17(23)11-2-5-13(6-3-11)20-9-8-16(22)21-15-7-4-12(18)10-14(15)19/h2-7,10,20H,8-9H2,1H3,(H,21,22). The lowest BCUT2D eigenvalue weighted by atomic mass is 10.2. The number of ether oxygens (including phenoxy) is 1. The maximum Gasteiger partial charge on any atom is 0.337 e. The largest absolute Gasteiger partial charge is 0.465 e. The molecule has 1 amide bonds. The SMILES string of the molecule is COC(=O)c1ccc(NCCC(=O)Nc2ccc(F)cc2F)cc1. The Hall–Kier alpha value is -2.96.